The zero-order chi connectivity index (χ0) is 34.0. The highest BCUT2D eigenvalue weighted by Gasteiger charge is 2.27. The molecule has 246 valence electrons. The number of carboxylic acid groups (broad SMARTS) is 1. The van der Waals surface area contributed by atoms with Crippen molar-refractivity contribution >= 4 is 40.3 Å². The van der Waals surface area contributed by atoms with Gasteiger partial charge in [0.1, 0.15) is 5.82 Å². The monoisotopic (exact) mass is 630 g/mol. The molecule has 0 aromatic heterocycles. The Labute approximate surface area is 272 Å². The Hall–Kier alpha value is -4.34. The Morgan fingerprint density at radius 1 is 0.848 bits per heavy atom. The summed E-state index contributed by atoms with van der Waals surface area (Å²) in [7, 11) is 2.09. The number of nitrogens with zero attached hydrogens (tertiary/aromatic N) is 3. The van der Waals surface area contributed by atoms with Gasteiger partial charge in [-0.1, -0.05) is 33.8 Å². The first-order chi connectivity index (χ1) is 22.1. The van der Waals surface area contributed by atoms with E-state index >= 15 is 0 Å². The Bertz CT molecular complexity index is 1560. The molecule has 0 aliphatic carbocycles. The van der Waals surface area contributed by atoms with Crippen LogP contribution in [0.2, 0.25) is 0 Å². The highest BCUT2D eigenvalue weighted by molar-refractivity contribution is 6.28. The van der Waals surface area contributed by atoms with Crippen molar-refractivity contribution in [2.75, 3.05) is 56.5 Å². The number of halogens is 1. The SMILES string of the molecule is CC.CC.CC(=O)/C(=C(\Nc1ccc2c(c1)CCN2C(=O)CN1CCN(C)CC1)c1ccc(F)cc1)c1ccc(C(=O)O)cc1C. The zero-order valence-electron chi connectivity index (χ0n) is 28.1. The first-order valence-electron chi connectivity index (χ1n) is 16.1. The number of rotatable bonds is 8. The molecule has 2 aliphatic heterocycles. The molecule has 0 radical (unpaired) electrons. The zero-order valence-corrected chi connectivity index (χ0v) is 28.1. The van der Waals surface area contributed by atoms with Crippen molar-refractivity contribution in [1.29, 1.82) is 0 Å². The van der Waals surface area contributed by atoms with E-state index in [0.29, 0.717) is 47.5 Å². The minimum Gasteiger partial charge on any atom is -0.478 e. The molecule has 2 aliphatic rings. The fraction of sp³-hybridized carbons (Fsp3) is 0.378. The van der Waals surface area contributed by atoms with E-state index in [2.05, 4.69) is 22.2 Å². The topological polar surface area (TPSA) is 93.2 Å². The number of piperazine rings is 1. The molecule has 2 N–H and O–H groups in total. The molecule has 3 aromatic rings. The molecule has 5 rings (SSSR count). The fourth-order valence-electron chi connectivity index (χ4n) is 5.64. The third-order valence-corrected chi connectivity index (χ3v) is 7.98. The summed E-state index contributed by atoms with van der Waals surface area (Å²) in [6.45, 7) is 15.9. The van der Waals surface area contributed by atoms with Gasteiger partial charge in [0.2, 0.25) is 5.91 Å². The molecular weight excluding hydrogens is 583 g/mol. The van der Waals surface area contributed by atoms with Crippen LogP contribution in [0, 0.1) is 12.7 Å². The number of Topliss-reactive ketones (excluding diaryl/α,β-unsaturated/α-hetero) is 1. The average molecular weight is 631 g/mol. The number of aromatic carboxylic acids is 1. The number of amides is 1. The van der Waals surface area contributed by atoms with E-state index in [1.165, 1.54) is 31.2 Å². The third kappa shape index (κ3) is 8.68. The second-order valence-electron chi connectivity index (χ2n) is 11.0. The number of carbonyl (C=O) groups is 3. The highest BCUT2D eigenvalue weighted by Crippen LogP contribution is 2.35. The Kier molecular flexibility index (Phi) is 13.2. The summed E-state index contributed by atoms with van der Waals surface area (Å²) >= 11 is 0. The smallest absolute Gasteiger partial charge is 0.335 e. The normalized spacial score (nSPS) is 15.0. The van der Waals surface area contributed by atoms with Gasteiger partial charge >= 0.3 is 5.97 Å². The number of carbonyl (C=O) groups excluding carboxylic acids is 2. The second kappa shape index (κ2) is 16.8. The number of aryl methyl sites for hydroxylation is 1. The Balaban J connectivity index is 0.00000139. The lowest BCUT2D eigenvalue weighted by atomic mass is 9.92. The van der Waals surface area contributed by atoms with Crippen LogP contribution in [0.15, 0.2) is 60.7 Å². The molecule has 9 heteroatoms. The van der Waals surface area contributed by atoms with Crippen molar-refractivity contribution in [2.45, 2.75) is 48.0 Å². The number of likely N-dealkylation sites (N-methyl/N-ethyl adjacent to an activating group) is 1. The van der Waals surface area contributed by atoms with Crippen LogP contribution in [0.25, 0.3) is 11.3 Å². The number of nitrogens with one attached hydrogen (secondary N) is 1. The lowest BCUT2D eigenvalue weighted by Crippen LogP contribution is -2.48. The van der Waals surface area contributed by atoms with Crippen LogP contribution in [0.5, 0.6) is 0 Å². The van der Waals surface area contributed by atoms with Gasteiger partial charge in [0.05, 0.1) is 17.8 Å². The number of benzene rings is 3. The van der Waals surface area contributed by atoms with E-state index in [0.717, 1.165) is 43.1 Å². The lowest BCUT2D eigenvalue weighted by molar-refractivity contribution is -0.120. The largest absolute Gasteiger partial charge is 0.478 e. The van der Waals surface area contributed by atoms with Crippen LogP contribution in [0.3, 0.4) is 0 Å². The van der Waals surface area contributed by atoms with Gasteiger partial charge < -0.3 is 20.2 Å². The van der Waals surface area contributed by atoms with E-state index in [-0.39, 0.29) is 17.3 Å². The van der Waals surface area contributed by atoms with Crippen LogP contribution < -0.4 is 10.2 Å². The van der Waals surface area contributed by atoms with Crippen LogP contribution in [0.1, 0.15) is 67.2 Å². The number of allylic oxidation sites excluding steroid dienone is 1. The van der Waals surface area contributed by atoms with E-state index in [1.54, 1.807) is 25.1 Å². The van der Waals surface area contributed by atoms with Crippen molar-refractivity contribution in [3.8, 4) is 0 Å². The van der Waals surface area contributed by atoms with E-state index < -0.39 is 11.8 Å². The van der Waals surface area contributed by atoms with Crippen molar-refractivity contribution in [1.82, 2.24) is 9.80 Å². The summed E-state index contributed by atoms with van der Waals surface area (Å²) in [5, 5.41) is 12.8. The first-order valence-corrected chi connectivity index (χ1v) is 16.1. The fourth-order valence-corrected chi connectivity index (χ4v) is 5.64. The Morgan fingerprint density at radius 3 is 2.07 bits per heavy atom. The van der Waals surface area contributed by atoms with Crippen molar-refractivity contribution < 1.29 is 23.9 Å². The molecule has 1 fully saturated rings. The minimum absolute atomic E-state index is 0.0880. The molecular formula is C37H47FN4O4. The van der Waals surface area contributed by atoms with Gasteiger partial charge in [-0.25, -0.2) is 9.18 Å². The third-order valence-electron chi connectivity index (χ3n) is 7.98. The lowest BCUT2D eigenvalue weighted by Gasteiger charge is -2.32. The molecule has 0 saturated carbocycles. The second-order valence-corrected chi connectivity index (χ2v) is 11.0. The first kappa shape index (κ1) is 36.1. The molecule has 1 saturated heterocycles. The predicted molar refractivity (Wildman–Crippen MR) is 185 cm³/mol. The van der Waals surface area contributed by atoms with Gasteiger partial charge in [0, 0.05) is 49.7 Å². The van der Waals surface area contributed by atoms with Gasteiger partial charge in [-0.15, -0.1) is 0 Å². The summed E-state index contributed by atoms with van der Waals surface area (Å²) in [6, 6.07) is 16.3. The van der Waals surface area contributed by atoms with Crippen LogP contribution in [-0.4, -0.2) is 78.9 Å². The van der Waals surface area contributed by atoms with E-state index in [9.17, 15) is 23.9 Å². The minimum atomic E-state index is -1.05. The maximum atomic E-state index is 13.9. The number of anilines is 2. The summed E-state index contributed by atoms with van der Waals surface area (Å²) in [4.78, 5) is 44.2. The van der Waals surface area contributed by atoms with Gasteiger partial charge in [-0.2, -0.15) is 0 Å². The molecule has 1 amide bonds. The molecule has 46 heavy (non-hydrogen) atoms. The van der Waals surface area contributed by atoms with Gasteiger partial charge in [0.15, 0.2) is 5.78 Å². The molecule has 0 bridgehead atoms. The quantitative estimate of drug-likeness (QED) is 0.214. The number of ketones is 1. The maximum absolute atomic E-state index is 13.9. The number of fused-ring (bicyclic) bond motifs is 1. The summed E-state index contributed by atoms with van der Waals surface area (Å²) < 4.78 is 13.9. The van der Waals surface area contributed by atoms with Crippen LogP contribution in [0.4, 0.5) is 15.8 Å². The molecule has 3 aromatic carbocycles. The van der Waals surface area contributed by atoms with Gasteiger partial charge in [-0.3, -0.25) is 14.5 Å². The highest BCUT2D eigenvalue weighted by atomic mass is 19.1. The number of carboxylic acids is 1. The van der Waals surface area contributed by atoms with Crippen LogP contribution in [-0.2, 0) is 16.0 Å². The summed E-state index contributed by atoms with van der Waals surface area (Å²) in [6.07, 6.45) is 0.713. The molecule has 8 nitrogen and oxygen atoms in total. The number of hydrogen-bond acceptors (Lipinski definition) is 6. The van der Waals surface area contributed by atoms with Crippen molar-refractivity contribution in [2.24, 2.45) is 0 Å². The predicted octanol–water partition coefficient (Wildman–Crippen LogP) is 6.59. The standard InChI is InChI=1S/C33H35FN4O4.2C2H6/c1-21-18-25(33(41)42)6-10-28(21)31(22(2)39)32(23-4-7-26(34)8-5-23)35-27-9-11-29-24(19-27)12-13-38(29)30(40)20-37-16-14-36(3)15-17-37;2*1-2/h4-11,18-19,35H,12-17,20H2,1-3H3,(H,41,42);2*1-2H3/b32-31+;;. The molecule has 2 heterocycles. The van der Waals surface area contributed by atoms with Crippen LogP contribution >= 0.6 is 0 Å². The molecule has 0 spiro atoms. The van der Waals surface area contributed by atoms with Crippen molar-refractivity contribution in [3.05, 3.63) is 94.3 Å². The summed E-state index contributed by atoms with van der Waals surface area (Å²) in [5.74, 6) is -1.59. The molecule has 0 atom stereocenters. The van der Waals surface area contributed by atoms with Gasteiger partial charge in [-0.05, 0) is 104 Å². The average Bonchev–Trinajstić information content (AvgIpc) is 3.48. The number of hydrogen-bond donors (Lipinski definition) is 2. The molecule has 0 unspecified atom stereocenters. The van der Waals surface area contributed by atoms with E-state index in [4.69, 9.17) is 0 Å². The Morgan fingerprint density at radius 2 is 1.48 bits per heavy atom. The summed E-state index contributed by atoms with van der Waals surface area (Å²) in [5.41, 5.74) is 5.42. The maximum Gasteiger partial charge on any atom is 0.335 e. The van der Waals surface area contributed by atoms with Crippen molar-refractivity contribution in [3.63, 3.8) is 0 Å². The van der Waals surface area contributed by atoms with E-state index in [1.807, 2.05) is 50.8 Å². The van der Waals surface area contributed by atoms with Gasteiger partial charge in [0.25, 0.3) is 0 Å².